The fourth-order valence-corrected chi connectivity index (χ4v) is 3.83. The molecule has 3 aromatic rings. The van der Waals surface area contributed by atoms with Crippen LogP contribution in [0, 0.1) is 0 Å². The molecule has 37 heavy (non-hydrogen) atoms. The van der Waals surface area contributed by atoms with Gasteiger partial charge in [-0.3, -0.25) is 14.8 Å². The molecule has 0 bridgehead atoms. The third-order valence-electron chi connectivity index (χ3n) is 5.71. The number of carbonyl (C=O) groups is 1. The molecular weight excluding hydrogens is 529 g/mol. The van der Waals surface area contributed by atoms with Gasteiger partial charge in [0.15, 0.2) is 0 Å². The minimum absolute atomic E-state index is 0. The minimum atomic E-state index is -4.63. The SMILES string of the molecule is Cl.O=C(CCc1cc(-c2ccc(C(F)(F)F)nc2)nc(-c2ccc(C(F)(F)F)nc2)c1)[C@@H]1C[C@@H](F)CN1. The molecule has 1 aliphatic rings. The predicted octanol–water partition coefficient (Wildman–Crippen LogP) is 5.87. The van der Waals surface area contributed by atoms with Crippen molar-refractivity contribution in [2.75, 3.05) is 6.54 Å². The maximum Gasteiger partial charge on any atom is 0.433 e. The van der Waals surface area contributed by atoms with Crippen LogP contribution in [-0.2, 0) is 23.6 Å². The zero-order valence-corrected chi connectivity index (χ0v) is 19.7. The van der Waals surface area contributed by atoms with Crippen LogP contribution in [0.25, 0.3) is 22.5 Å². The number of rotatable bonds is 6. The highest BCUT2D eigenvalue weighted by atomic mass is 35.5. The number of aryl methyl sites for hydroxylation is 1. The molecule has 13 heteroatoms. The first-order valence-electron chi connectivity index (χ1n) is 10.9. The van der Waals surface area contributed by atoms with Gasteiger partial charge in [0.05, 0.1) is 17.4 Å². The second-order valence-electron chi connectivity index (χ2n) is 8.37. The lowest BCUT2D eigenvalue weighted by Crippen LogP contribution is -2.30. The molecule has 0 unspecified atom stereocenters. The molecule has 4 heterocycles. The lowest BCUT2D eigenvalue weighted by atomic mass is 9.99. The van der Waals surface area contributed by atoms with Gasteiger partial charge in [0.25, 0.3) is 0 Å². The van der Waals surface area contributed by atoms with E-state index in [0.29, 0.717) is 5.56 Å². The maximum absolute atomic E-state index is 13.4. The molecule has 3 aromatic heterocycles. The highest BCUT2D eigenvalue weighted by Crippen LogP contribution is 2.31. The molecule has 0 amide bonds. The van der Waals surface area contributed by atoms with Gasteiger partial charge in [0.2, 0.25) is 0 Å². The Morgan fingerprint density at radius 3 is 1.78 bits per heavy atom. The number of ketones is 1. The van der Waals surface area contributed by atoms with Crippen molar-refractivity contribution >= 4 is 18.2 Å². The van der Waals surface area contributed by atoms with Gasteiger partial charge < -0.3 is 5.32 Å². The smallest absolute Gasteiger partial charge is 0.304 e. The molecular formula is C24H20ClF7N4O. The van der Waals surface area contributed by atoms with Crippen molar-refractivity contribution < 1.29 is 35.5 Å². The Kier molecular flexibility index (Phi) is 8.53. The van der Waals surface area contributed by atoms with Crippen molar-refractivity contribution in [2.24, 2.45) is 0 Å². The topological polar surface area (TPSA) is 67.8 Å². The summed E-state index contributed by atoms with van der Waals surface area (Å²) in [6.07, 6.45) is -8.01. The lowest BCUT2D eigenvalue weighted by molar-refractivity contribution is -0.141. The molecule has 1 saturated heterocycles. The van der Waals surface area contributed by atoms with Crippen LogP contribution in [0.15, 0.2) is 48.8 Å². The Hall–Kier alpha value is -3.12. The van der Waals surface area contributed by atoms with Crippen LogP contribution in [0.2, 0.25) is 0 Å². The molecule has 0 spiro atoms. The van der Waals surface area contributed by atoms with E-state index >= 15 is 0 Å². The van der Waals surface area contributed by atoms with Crippen molar-refractivity contribution in [1.29, 1.82) is 0 Å². The Morgan fingerprint density at radius 1 is 0.892 bits per heavy atom. The van der Waals surface area contributed by atoms with E-state index in [1.54, 1.807) is 12.1 Å². The Labute approximate surface area is 213 Å². The second kappa shape index (κ2) is 11.1. The molecule has 1 N–H and O–H groups in total. The molecule has 1 fully saturated rings. The van der Waals surface area contributed by atoms with Crippen molar-refractivity contribution in [3.63, 3.8) is 0 Å². The van der Waals surface area contributed by atoms with Crippen LogP contribution in [0.1, 0.15) is 29.8 Å². The summed E-state index contributed by atoms with van der Waals surface area (Å²) in [5.74, 6) is -0.192. The van der Waals surface area contributed by atoms with Crippen LogP contribution in [0.3, 0.4) is 0 Å². The van der Waals surface area contributed by atoms with E-state index in [2.05, 4.69) is 20.3 Å². The maximum atomic E-state index is 13.4. The highest BCUT2D eigenvalue weighted by Gasteiger charge is 2.33. The van der Waals surface area contributed by atoms with Gasteiger partial charge in [-0.25, -0.2) is 9.37 Å². The number of pyridine rings is 3. The zero-order valence-electron chi connectivity index (χ0n) is 18.9. The molecule has 0 aliphatic carbocycles. The van der Waals surface area contributed by atoms with Gasteiger partial charge in [-0.05, 0) is 48.4 Å². The van der Waals surface area contributed by atoms with Crippen molar-refractivity contribution in [2.45, 2.75) is 43.8 Å². The molecule has 1 aliphatic heterocycles. The van der Waals surface area contributed by atoms with E-state index < -0.39 is 36.0 Å². The molecule has 0 saturated carbocycles. The first-order valence-corrected chi connectivity index (χ1v) is 10.9. The van der Waals surface area contributed by atoms with Gasteiger partial charge in [-0.15, -0.1) is 12.4 Å². The first-order chi connectivity index (χ1) is 16.9. The average molecular weight is 549 g/mol. The van der Waals surface area contributed by atoms with Crippen molar-refractivity contribution in [3.05, 3.63) is 65.7 Å². The quantitative estimate of drug-likeness (QED) is 0.391. The summed E-state index contributed by atoms with van der Waals surface area (Å²) in [4.78, 5) is 23.7. The number of nitrogens with one attached hydrogen (secondary N) is 1. The lowest BCUT2D eigenvalue weighted by Gasteiger charge is -2.12. The van der Waals surface area contributed by atoms with E-state index in [1.165, 1.54) is 12.1 Å². The molecule has 5 nitrogen and oxygen atoms in total. The summed E-state index contributed by atoms with van der Waals surface area (Å²) in [6, 6.07) is 6.51. The highest BCUT2D eigenvalue weighted by molar-refractivity contribution is 5.85. The summed E-state index contributed by atoms with van der Waals surface area (Å²) in [6.45, 7) is 0.0990. The van der Waals surface area contributed by atoms with E-state index in [1.807, 2.05) is 0 Å². The molecule has 0 aromatic carbocycles. The van der Waals surface area contributed by atoms with Crippen LogP contribution in [0.5, 0.6) is 0 Å². The number of hydrogen-bond donors (Lipinski definition) is 1. The largest absolute Gasteiger partial charge is 0.433 e. The summed E-state index contributed by atoms with van der Waals surface area (Å²) in [7, 11) is 0. The summed E-state index contributed by atoms with van der Waals surface area (Å²) in [5.41, 5.74) is -0.674. The number of aromatic nitrogens is 3. The fraction of sp³-hybridized carbons (Fsp3) is 0.333. The monoisotopic (exact) mass is 548 g/mol. The van der Waals surface area contributed by atoms with Gasteiger partial charge in [0.1, 0.15) is 23.3 Å². The third-order valence-corrected chi connectivity index (χ3v) is 5.71. The first kappa shape index (κ1) is 28.5. The van der Waals surface area contributed by atoms with Gasteiger partial charge in [0, 0.05) is 42.9 Å². The molecule has 198 valence electrons. The number of nitrogens with zero attached hydrogens (tertiary/aromatic N) is 3. The van der Waals surface area contributed by atoms with E-state index in [4.69, 9.17) is 0 Å². The van der Waals surface area contributed by atoms with Crippen LogP contribution in [-0.4, -0.2) is 39.5 Å². The van der Waals surface area contributed by atoms with E-state index in [0.717, 1.165) is 24.5 Å². The Balaban J connectivity index is 0.00000380. The van der Waals surface area contributed by atoms with Gasteiger partial charge >= 0.3 is 12.4 Å². The molecule has 0 radical (unpaired) electrons. The van der Waals surface area contributed by atoms with E-state index in [-0.39, 0.29) is 66.5 Å². The number of alkyl halides is 7. The number of hydrogen-bond acceptors (Lipinski definition) is 5. The average Bonchev–Trinajstić information content (AvgIpc) is 3.28. The summed E-state index contributed by atoms with van der Waals surface area (Å²) >= 11 is 0. The Bertz CT molecular complexity index is 1160. The predicted molar refractivity (Wildman–Crippen MR) is 123 cm³/mol. The summed E-state index contributed by atoms with van der Waals surface area (Å²) < 4.78 is 90.8. The minimum Gasteiger partial charge on any atom is -0.304 e. The van der Waals surface area contributed by atoms with Gasteiger partial charge in [-0.1, -0.05) is 0 Å². The van der Waals surface area contributed by atoms with Crippen molar-refractivity contribution in [1.82, 2.24) is 20.3 Å². The molecule has 4 rings (SSSR count). The third kappa shape index (κ3) is 7.01. The van der Waals surface area contributed by atoms with Gasteiger partial charge in [-0.2, -0.15) is 26.3 Å². The number of carbonyl (C=O) groups excluding carboxylic acids is 1. The van der Waals surface area contributed by atoms with Crippen LogP contribution >= 0.6 is 12.4 Å². The standard InChI is InChI=1S/C24H19F7N4O.ClH/c25-16-9-19(32-12-16)20(36)4-1-13-7-17(14-2-5-21(33-10-14)23(26,27)28)35-18(8-13)15-3-6-22(34-11-15)24(29,30)31;/h2-3,5-8,10-11,16,19,32H,1,4,9,12H2;1H/t16-,19+;/m1./s1. The van der Waals surface area contributed by atoms with Crippen LogP contribution in [0.4, 0.5) is 30.7 Å². The van der Waals surface area contributed by atoms with Crippen molar-refractivity contribution in [3.8, 4) is 22.5 Å². The fourth-order valence-electron chi connectivity index (χ4n) is 3.83. The van der Waals surface area contributed by atoms with Crippen LogP contribution < -0.4 is 5.32 Å². The van der Waals surface area contributed by atoms with E-state index in [9.17, 15) is 35.5 Å². The summed E-state index contributed by atoms with van der Waals surface area (Å²) in [5, 5.41) is 2.81. The normalized spacial score (nSPS) is 17.9. The second-order valence-corrected chi connectivity index (χ2v) is 8.37. The zero-order chi connectivity index (χ0) is 26.1. The molecule has 2 atom stereocenters. The number of halogens is 8. The number of Topliss-reactive ketones (excluding diaryl/α,β-unsaturated/α-hetero) is 1. The Morgan fingerprint density at radius 2 is 1.41 bits per heavy atom.